The van der Waals surface area contributed by atoms with Crippen molar-refractivity contribution < 1.29 is 9.18 Å². The number of hydrogen-bond donors (Lipinski definition) is 0. The number of carbonyl (C=O) groups is 1. The highest BCUT2D eigenvalue weighted by molar-refractivity contribution is 5.79. The Labute approximate surface area is 114 Å². The van der Waals surface area contributed by atoms with Crippen molar-refractivity contribution in [1.29, 1.82) is 0 Å². The Morgan fingerprint density at radius 1 is 1.21 bits per heavy atom. The molecule has 0 bridgehead atoms. The number of nitrogens with zero attached hydrogens (tertiary/aromatic N) is 2. The van der Waals surface area contributed by atoms with Crippen LogP contribution in [0, 0.1) is 5.82 Å². The van der Waals surface area contributed by atoms with E-state index in [1.807, 2.05) is 4.90 Å². The molecule has 3 nitrogen and oxygen atoms in total. The maximum absolute atomic E-state index is 12.8. The van der Waals surface area contributed by atoms with Crippen LogP contribution in [0.3, 0.4) is 0 Å². The summed E-state index contributed by atoms with van der Waals surface area (Å²) in [7, 11) is 2.09. The van der Waals surface area contributed by atoms with Crippen LogP contribution >= 0.6 is 0 Å². The molecule has 19 heavy (non-hydrogen) atoms. The smallest absolute Gasteiger partial charge is 0.227 e. The summed E-state index contributed by atoms with van der Waals surface area (Å²) < 4.78 is 12.8. The minimum atomic E-state index is -0.266. The Kier molecular flexibility index (Phi) is 4.20. The average molecular weight is 264 g/mol. The lowest BCUT2D eigenvalue weighted by atomic mass is 10.1. The van der Waals surface area contributed by atoms with Gasteiger partial charge in [-0.15, -0.1) is 0 Å². The van der Waals surface area contributed by atoms with Crippen molar-refractivity contribution in [2.45, 2.75) is 32.4 Å². The predicted molar refractivity (Wildman–Crippen MR) is 73.4 cm³/mol. The molecule has 2 rings (SSSR count). The van der Waals surface area contributed by atoms with Gasteiger partial charge >= 0.3 is 0 Å². The second-order valence-electron chi connectivity index (χ2n) is 5.47. The standard InChI is InChI=1S/C15H21FN2O/c1-11-9-18(10-12(2)17(11)3)15(19)8-13-4-6-14(16)7-5-13/h4-7,11-12H,8-10H2,1-3H3. The van der Waals surface area contributed by atoms with E-state index in [0.717, 1.165) is 18.7 Å². The van der Waals surface area contributed by atoms with Crippen LogP contribution in [0.15, 0.2) is 24.3 Å². The monoisotopic (exact) mass is 264 g/mol. The van der Waals surface area contributed by atoms with E-state index in [1.54, 1.807) is 12.1 Å². The van der Waals surface area contributed by atoms with Gasteiger partial charge in [0.2, 0.25) is 5.91 Å². The van der Waals surface area contributed by atoms with Crippen LogP contribution in [0.4, 0.5) is 4.39 Å². The first kappa shape index (κ1) is 14.0. The van der Waals surface area contributed by atoms with Gasteiger partial charge < -0.3 is 4.90 Å². The van der Waals surface area contributed by atoms with Crippen molar-refractivity contribution in [3.05, 3.63) is 35.6 Å². The number of halogens is 1. The van der Waals surface area contributed by atoms with Crippen LogP contribution in [-0.4, -0.2) is 47.9 Å². The highest BCUT2D eigenvalue weighted by Gasteiger charge is 2.28. The summed E-state index contributed by atoms with van der Waals surface area (Å²) in [5.41, 5.74) is 0.866. The van der Waals surface area contributed by atoms with Crippen LogP contribution in [0.1, 0.15) is 19.4 Å². The molecule has 2 atom stereocenters. The molecule has 1 aromatic carbocycles. The second kappa shape index (κ2) is 5.70. The fourth-order valence-electron chi connectivity index (χ4n) is 2.50. The number of likely N-dealkylation sites (N-methyl/N-ethyl adjacent to an activating group) is 1. The summed E-state index contributed by atoms with van der Waals surface area (Å²) in [6.45, 7) is 5.80. The number of piperazine rings is 1. The summed E-state index contributed by atoms with van der Waals surface area (Å²) in [4.78, 5) is 16.5. The summed E-state index contributed by atoms with van der Waals surface area (Å²) in [5, 5.41) is 0. The van der Waals surface area contributed by atoms with Crippen LogP contribution in [-0.2, 0) is 11.2 Å². The van der Waals surface area contributed by atoms with Gasteiger partial charge in [-0.25, -0.2) is 4.39 Å². The van der Waals surface area contributed by atoms with Gasteiger partial charge in [0.25, 0.3) is 0 Å². The van der Waals surface area contributed by atoms with E-state index in [9.17, 15) is 9.18 Å². The number of carbonyl (C=O) groups excluding carboxylic acids is 1. The molecule has 0 spiro atoms. The zero-order valence-electron chi connectivity index (χ0n) is 11.8. The van der Waals surface area contributed by atoms with Crippen LogP contribution < -0.4 is 0 Å². The summed E-state index contributed by atoms with van der Waals surface area (Å²) in [6.07, 6.45) is 0.351. The molecule has 0 aliphatic carbocycles. The lowest BCUT2D eigenvalue weighted by Gasteiger charge is -2.42. The molecule has 1 heterocycles. The molecule has 1 fully saturated rings. The molecule has 4 heteroatoms. The lowest BCUT2D eigenvalue weighted by Crippen LogP contribution is -2.56. The van der Waals surface area contributed by atoms with Gasteiger partial charge in [0.1, 0.15) is 5.82 Å². The first-order valence-electron chi connectivity index (χ1n) is 6.71. The number of benzene rings is 1. The van der Waals surface area contributed by atoms with E-state index in [0.29, 0.717) is 18.5 Å². The molecule has 1 aromatic rings. The minimum absolute atomic E-state index is 0.124. The SMILES string of the molecule is CC1CN(C(=O)Cc2ccc(F)cc2)CC(C)N1C. The third-order valence-electron chi connectivity index (χ3n) is 3.98. The Balaban J connectivity index is 1.98. The topological polar surface area (TPSA) is 23.6 Å². The van der Waals surface area contributed by atoms with Crippen molar-refractivity contribution in [2.75, 3.05) is 20.1 Å². The fourth-order valence-corrected chi connectivity index (χ4v) is 2.50. The predicted octanol–water partition coefficient (Wildman–Crippen LogP) is 1.92. The van der Waals surface area contributed by atoms with Gasteiger partial charge in [-0.2, -0.15) is 0 Å². The lowest BCUT2D eigenvalue weighted by molar-refractivity contribution is -0.134. The first-order chi connectivity index (χ1) is 8.97. The Morgan fingerprint density at radius 2 is 1.74 bits per heavy atom. The van der Waals surface area contributed by atoms with Gasteiger partial charge in [0.15, 0.2) is 0 Å². The molecule has 104 valence electrons. The van der Waals surface area contributed by atoms with Crippen LogP contribution in [0.5, 0.6) is 0 Å². The molecule has 1 aliphatic heterocycles. The maximum Gasteiger partial charge on any atom is 0.227 e. The normalized spacial score (nSPS) is 24.5. The number of hydrogen-bond acceptors (Lipinski definition) is 2. The highest BCUT2D eigenvalue weighted by Crippen LogP contribution is 2.15. The quantitative estimate of drug-likeness (QED) is 0.815. The Bertz CT molecular complexity index is 434. The Hall–Kier alpha value is -1.42. The van der Waals surface area contributed by atoms with Gasteiger partial charge in [-0.05, 0) is 38.6 Å². The summed E-state index contributed by atoms with van der Waals surface area (Å²) in [6, 6.07) is 6.91. The fraction of sp³-hybridized carbons (Fsp3) is 0.533. The van der Waals surface area contributed by atoms with Crippen molar-refractivity contribution in [3.63, 3.8) is 0 Å². The van der Waals surface area contributed by atoms with E-state index in [1.165, 1.54) is 12.1 Å². The van der Waals surface area contributed by atoms with E-state index in [2.05, 4.69) is 25.8 Å². The van der Waals surface area contributed by atoms with Crippen molar-refractivity contribution in [3.8, 4) is 0 Å². The van der Waals surface area contributed by atoms with Crippen LogP contribution in [0.25, 0.3) is 0 Å². The highest BCUT2D eigenvalue weighted by atomic mass is 19.1. The summed E-state index contributed by atoms with van der Waals surface area (Å²) >= 11 is 0. The molecular formula is C15H21FN2O. The third kappa shape index (κ3) is 3.32. The van der Waals surface area contributed by atoms with E-state index < -0.39 is 0 Å². The Morgan fingerprint density at radius 3 is 2.26 bits per heavy atom. The average Bonchev–Trinajstić information content (AvgIpc) is 2.38. The molecule has 0 aromatic heterocycles. The largest absolute Gasteiger partial charge is 0.339 e. The van der Waals surface area contributed by atoms with Crippen molar-refractivity contribution >= 4 is 5.91 Å². The zero-order valence-corrected chi connectivity index (χ0v) is 11.8. The van der Waals surface area contributed by atoms with Gasteiger partial charge in [0, 0.05) is 25.2 Å². The van der Waals surface area contributed by atoms with Crippen molar-refractivity contribution in [2.24, 2.45) is 0 Å². The molecule has 0 radical (unpaired) electrons. The molecule has 2 unspecified atom stereocenters. The van der Waals surface area contributed by atoms with Crippen molar-refractivity contribution in [1.82, 2.24) is 9.80 Å². The minimum Gasteiger partial charge on any atom is -0.339 e. The van der Waals surface area contributed by atoms with Gasteiger partial charge in [-0.1, -0.05) is 12.1 Å². The molecular weight excluding hydrogens is 243 g/mol. The molecule has 0 N–H and O–H groups in total. The molecule has 0 saturated carbocycles. The number of rotatable bonds is 2. The third-order valence-corrected chi connectivity index (χ3v) is 3.98. The molecule has 1 saturated heterocycles. The van der Waals surface area contributed by atoms with E-state index in [-0.39, 0.29) is 11.7 Å². The van der Waals surface area contributed by atoms with E-state index in [4.69, 9.17) is 0 Å². The number of amides is 1. The van der Waals surface area contributed by atoms with Crippen LogP contribution in [0.2, 0.25) is 0 Å². The van der Waals surface area contributed by atoms with Gasteiger partial charge in [-0.3, -0.25) is 9.69 Å². The maximum atomic E-state index is 12.8. The molecule has 1 aliphatic rings. The zero-order chi connectivity index (χ0) is 14.0. The summed E-state index contributed by atoms with van der Waals surface area (Å²) in [5.74, 6) is -0.142. The second-order valence-corrected chi connectivity index (χ2v) is 5.47. The first-order valence-corrected chi connectivity index (χ1v) is 6.71. The molecule has 1 amide bonds. The van der Waals surface area contributed by atoms with Gasteiger partial charge in [0.05, 0.1) is 6.42 Å². The van der Waals surface area contributed by atoms with E-state index >= 15 is 0 Å².